The summed E-state index contributed by atoms with van der Waals surface area (Å²) < 4.78 is 5.48. The molecule has 0 spiro atoms. The molecule has 4 N–H and O–H groups in total. The zero-order chi connectivity index (χ0) is 16.9. The fourth-order valence-corrected chi connectivity index (χ4v) is 2.70. The summed E-state index contributed by atoms with van der Waals surface area (Å²) in [6.07, 6.45) is 0.155. The van der Waals surface area contributed by atoms with Crippen LogP contribution in [0.3, 0.4) is 0 Å². The molecule has 2 rings (SSSR count). The number of benzene rings is 1. The van der Waals surface area contributed by atoms with Crippen molar-refractivity contribution in [1.29, 1.82) is 5.26 Å². The van der Waals surface area contributed by atoms with E-state index in [2.05, 4.69) is 0 Å². The summed E-state index contributed by atoms with van der Waals surface area (Å²) in [5.41, 5.74) is 4.10. The van der Waals surface area contributed by atoms with Crippen molar-refractivity contribution in [3.63, 3.8) is 0 Å². The predicted molar refractivity (Wildman–Crippen MR) is 82.5 cm³/mol. The van der Waals surface area contributed by atoms with Gasteiger partial charge in [0.15, 0.2) is 5.60 Å². The highest BCUT2D eigenvalue weighted by Gasteiger charge is 2.38. The van der Waals surface area contributed by atoms with E-state index >= 15 is 0 Å². The van der Waals surface area contributed by atoms with E-state index in [0.717, 1.165) is 0 Å². The van der Waals surface area contributed by atoms with Crippen molar-refractivity contribution >= 4 is 5.91 Å². The fourth-order valence-electron chi connectivity index (χ4n) is 2.70. The average molecular weight is 319 g/mol. The summed E-state index contributed by atoms with van der Waals surface area (Å²) in [5.74, 6) is -0.322. The smallest absolute Gasteiger partial charge is 0.250 e. The quantitative estimate of drug-likeness (QED) is 0.657. The molecule has 2 atom stereocenters. The Morgan fingerprint density at radius 3 is 2.96 bits per heavy atom. The molecule has 1 aliphatic rings. The molecule has 1 aromatic rings. The second-order valence-electron chi connectivity index (χ2n) is 5.81. The van der Waals surface area contributed by atoms with Crippen LogP contribution in [-0.2, 0) is 4.79 Å². The zero-order valence-electron chi connectivity index (χ0n) is 12.8. The van der Waals surface area contributed by atoms with Crippen LogP contribution in [0.2, 0.25) is 0 Å². The third-order valence-electron chi connectivity index (χ3n) is 3.92. The van der Waals surface area contributed by atoms with Crippen molar-refractivity contribution in [3.8, 4) is 11.8 Å². The third kappa shape index (κ3) is 4.42. The van der Waals surface area contributed by atoms with Gasteiger partial charge in [-0.05, 0) is 31.5 Å². The van der Waals surface area contributed by atoms with Gasteiger partial charge in [-0.2, -0.15) is 5.26 Å². The number of amides is 1. The van der Waals surface area contributed by atoms with Gasteiger partial charge in [0.05, 0.1) is 5.56 Å². The van der Waals surface area contributed by atoms with E-state index < -0.39 is 17.6 Å². The number of primary amides is 1. The van der Waals surface area contributed by atoms with Gasteiger partial charge in [-0.1, -0.05) is 12.1 Å². The van der Waals surface area contributed by atoms with Gasteiger partial charge in [0.25, 0.3) is 5.91 Å². The van der Waals surface area contributed by atoms with Crippen molar-refractivity contribution in [1.82, 2.24) is 4.90 Å². The second-order valence-corrected chi connectivity index (χ2v) is 5.81. The number of hydrogen-bond donors (Lipinski definition) is 3. The van der Waals surface area contributed by atoms with Crippen LogP contribution in [0.1, 0.15) is 18.4 Å². The van der Waals surface area contributed by atoms with Gasteiger partial charge in [0, 0.05) is 13.1 Å². The minimum Gasteiger partial charge on any atom is -0.489 e. The molecule has 1 amide bonds. The Morgan fingerprint density at radius 1 is 1.52 bits per heavy atom. The molecule has 0 radical (unpaired) electrons. The first-order valence-electron chi connectivity index (χ1n) is 7.49. The number of aliphatic hydroxyl groups is 2. The van der Waals surface area contributed by atoms with E-state index in [1.165, 1.54) is 0 Å². The number of carbonyl (C=O) groups is 1. The minimum absolute atomic E-state index is 0.0180. The number of nitrogens with two attached hydrogens (primary N) is 1. The summed E-state index contributed by atoms with van der Waals surface area (Å²) in [5, 5.41) is 29.2. The summed E-state index contributed by atoms with van der Waals surface area (Å²) >= 11 is 0. The lowest BCUT2D eigenvalue weighted by molar-refractivity contribution is -0.142. The van der Waals surface area contributed by atoms with Crippen LogP contribution in [0.25, 0.3) is 0 Å². The fraction of sp³-hybridized carbons (Fsp3) is 0.500. The van der Waals surface area contributed by atoms with Crippen LogP contribution in [0.15, 0.2) is 24.3 Å². The first kappa shape index (κ1) is 17.2. The molecule has 0 bridgehead atoms. The maximum atomic E-state index is 11.3. The summed E-state index contributed by atoms with van der Waals surface area (Å²) in [4.78, 5) is 13.1. The Labute approximate surface area is 134 Å². The second kappa shape index (κ2) is 7.42. The number of hydrogen-bond acceptors (Lipinski definition) is 6. The highest BCUT2D eigenvalue weighted by atomic mass is 16.5. The summed E-state index contributed by atoms with van der Waals surface area (Å²) in [7, 11) is 0. The molecule has 1 saturated heterocycles. The van der Waals surface area contributed by atoms with Crippen molar-refractivity contribution in [3.05, 3.63) is 29.8 Å². The van der Waals surface area contributed by atoms with E-state index in [1.807, 2.05) is 6.07 Å². The summed E-state index contributed by atoms with van der Waals surface area (Å²) in [6.45, 7) is 1.05. The average Bonchev–Trinajstić information content (AvgIpc) is 2.53. The SMILES string of the molecule is N#Cc1ccccc1OCC(O)CN1CCCC(O)(C(N)=O)C1. The number of likely N-dealkylation sites (tertiary alicyclic amines) is 1. The lowest BCUT2D eigenvalue weighted by Gasteiger charge is -2.37. The molecule has 1 fully saturated rings. The first-order valence-corrected chi connectivity index (χ1v) is 7.49. The largest absolute Gasteiger partial charge is 0.489 e. The van der Waals surface area contributed by atoms with E-state index in [4.69, 9.17) is 15.7 Å². The Morgan fingerprint density at radius 2 is 2.26 bits per heavy atom. The van der Waals surface area contributed by atoms with Crippen molar-refractivity contribution in [2.75, 3.05) is 26.2 Å². The van der Waals surface area contributed by atoms with E-state index in [9.17, 15) is 15.0 Å². The number of nitrogens with zero attached hydrogens (tertiary/aromatic N) is 2. The number of rotatable bonds is 6. The van der Waals surface area contributed by atoms with E-state index in [1.54, 1.807) is 29.2 Å². The van der Waals surface area contributed by atoms with E-state index in [0.29, 0.717) is 30.7 Å². The number of β-amino-alcohol motifs (C(OH)–C–C–N with tert-alkyl or cyclic N) is 2. The maximum absolute atomic E-state index is 11.3. The van der Waals surface area contributed by atoms with Crippen LogP contribution in [0, 0.1) is 11.3 Å². The molecular weight excluding hydrogens is 298 g/mol. The van der Waals surface area contributed by atoms with Gasteiger partial charge >= 0.3 is 0 Å². The first-order chi connectivity index (χ1) is 10.9. The van der Waals surface area contributed by atoms with Crippen LogP contribution in [-0.4, -0.2) is 59.0 Å². The lowest BCUT2D eigenvalue weighted by Crippen LogP contribution is -2.57. The molecule has 0 aliphatic carbocycles. The van der Waals surface area contributed by atoms with Gasteiger partial charge in [-0.25, -0.2) is 0 Å². The van der Waals surface area contributed by atoms with Crippen LogP contribution in [0.4, 0.5) is 0 Å². The minimum atomic E-state index is -1.54. The van der Waals surface area contributed by atoms with Gasteiger partial charge in [0.1, 0.15) is 24.5 Å². The predicted octanol–water partition coefficient (Wildman–Crippen LogP) is -0.390. The molecule has 1 heterocycles. The summed E-state index contributed by atoms with van der Waals surface area (Å²) in [6, 6.07) is 8.81. The van der Waals surface area contributed by atoms with Crippen molar-refractivity contribution in [2.45, 2.75) is 24.5 Å². The van der Waals surface area contributed by atoms with Gasteiger partial charge in [0.2, 0.25) is 0 Å². The molecule has 0 aromatic heterocycles. The zero-order valence-corrected chi connectivity index (χ0v) is 12.8. The number of para-hydroxylation sites is 1. The highest BCUT2D eigenvalue weighted by molar-refractivity contribution is 5.83. The molecule has 7 nitrogen and oxygen atoms in total. The number of carbonyl (C=O) groups excluding carboxylic acids is 1. The van der Waals surface area contributed by atoms with Gasteiger partial charge in [-0.15, -0.1) is 0 Å². The molecule has 124 valence electrons. The van der Waals surface area contributed by atoms with Crippen LogP contribution < -0.4 is 10.5 Å². The van der Waals surface area contributed by atoms with Crippen LogP contribution >= 0.6 is 0 Å². The van der Waals surface area contributed by atoms with Gasteiger partial charge < -0.3 is 20.7 Å². The van der Waals surface area contributed by atoms with Gasteiger partial charge in [-0.3, -0.25) is 9.69 Å². The number of aliphatic hydroxyl groups excluding tert-OH is 1. The standard InChI is InChI=1S/C16H21N3O4/c17-8-12-4-1-2-5-14(12)23-10-13(20)9-19-7-3-6-16(22,11-19)15(18)21/h1-2,4-5,13,20,22H,3,6-7,9-11H2,(H2,18,21). The highest BCUT2D eigenvalue weighted by Crippen LogP contribution is 2.21. The van der Waals surface area contributed by atoms with Crippen LogP contribution in [0.5, 0.6) is 5.75 Å². The molecule has 1 aromatic carbocycles. The monoisotopic (exact) mass is 319 g/mol. The molecule has 0 saturated carbocycles. The Kier molecular flexibility index (Phi) is 5.55. The molecule has 23 heavy (non-hydrogen) atoms. The van der Waals surface area contributed by atoms with E-state index in [-0.39, 0.29) is 19.7 Å². The Balaban J connectivity index is 1.86. The number of piperidine rings is 1. The molecular formula is C16H21N3O4. The molecule has 7 heteroatoms. The lowest BCUT2D eigenvalue weighted by atomic mass is 9.92. The Bertz CT molecular complexity index is 601. The van der Waals surface area contributed by atoms with Crippen molar-refractivity contribution in [2.24, 2.45) is 5.73 Å². The Hall–Kier alpha value is -2.14. The normalized spacial score (nSPS) is 23.0. The van der Waals surface area contributed by atoms with Crippen molar-refractivity contribution < 1.29 is 19.7 Å². The molecule has 1 aliphatic heterocycles. The topological polar surface area (TPSA) is 120 Å². The maximum Gasteiger partial charge on any atom is 0.250 e. The molecule has 2 unspecified atom stereocenters. The number of ether oxygens (including phenoxy) is 1. The third-order valence-corrected chi connectivity index (χ3v) is 3.92. The number of nitriles is 1.